The van der Waals surface area contributed by atoms with E-state index in [-0.39, 0.29) is 12.5 Å². The standard InChI is InChI=1S/C16H17N3O3/c1-11-9-12(3-4-13(11)19-8-2-7-18-19)14(20)17-10-16(5-6-16)15(21)22/h2-4,7-9H,5-6,10H2,1H3,(H,17,20)(H,21,22). The maximum Gasteiger partial charge on any atom is 0.311 e. The van der Waals surface area contributed by atoms with Crippen molar-refractivity contribution in [2.75, 3.05) is 6.54 Å². The van der Waals surface area contributed by atoms with Crippen molar-refractivity contribution in [2.24, 2.45) is 5.41 Å². The Morgan fingerprint density at radius 2 is 2.18 bits per heavy atom. The average molecular weight is 299 g/mol. The van der Waals surface area contributed by atoms with Gasteiger partial charge in [-0.1, -0.05) is 0 Å². The van der Waals surface area contributed by atoms with Crippen molar-refractivity contribution in [3.05, 3.63) is 47.8 Å². The van der Waals surface area contributed by atoms with E-state index in [1.807, 2.05) is 25.3 Å². The minimum absolute atomic E-state index is 0.182. The van der Waals surface area contributed by atoms with E-state index < -0.39 is 11.4 Å². The van der Waals surface area contributed by atoms with Gasteiger partial charge in [-0.2, -0.15) is 5.10 Å². The Morgan fingerprint density at radius 1 is 1.41 bits per heavy atom. The molecule has 1 amide bonds. The number of carboxylic acids is 1. The molecular formula is C16H17N3O3. The first kappa shape index (κ1) is 14.3. The molecule has 2 N–H and O–H groups in total. The highest BCUT2D eigenvalue weighted by Crippen LogP contribution is 2.45. The number of rotatable bonds is 5. The molecule has 6 heteroatoms. The number of benzene rings is 1. The van der Waals surface area contributed by atoms with Crippen LogP contribution in [0.4, 0.5) is 0 Å². The Labute approximate surface area is 127 Å². The number of nitrogens with zero attached hydrogens (tertiary/aromatic N) is 2. The van der Waals surface area contributed by atoms with Crippen LogP contribution in [0.2, 0.25) is 0 Å². The van der Waals surface area contributed by atoms with Crippen LogP contribution in [-0.4, -0.2) is 33.3 Å². The maximum absolute atomic E-state index is 12.2. The number of amides is 1. The molecule has 1 aliphatic carbocycles. The molecule has 1 heterocycles. The number of aliphatic carboxylic acids is 1. The Kier molecular flexibility index (Phi) is 3.44. The third-order valence-corrected chi connectivity index (χ3v) is 4.10. The van der Waals surface area contributed by atoms with Crippen molar-refractivity contribution < 1.29 is 14.7 Å². The second-order valence-corrected chi connectivity index (χ2v) is 5.72. The average Bonchev–Trinajstić information content (AvgIpc) is 3.11. The summed E-state index contributed by atoms with van der Waals surface area (Å²) in [4.78, 5) is 23.3. The van der Waals surface area contributed by atoms with Gasteiger partial charge in [0.2, 0.25) is 0 Å². The fraction of sp³-hybridized carbons (Fsp3) is 0.312. The summed E-state index contributed by atoms with van der Waals surface area (Å²) in [6.45, 7) is 2.09. The summed E-state index contributed by atoms with van der Waals surface area (Å²) in [6.07, 6.45) is 4.78. The monoisotopic (exact) mass is 299 g/mol. The van der Waals surface area contributed by atoms with Crippen LogP contribution in [-0.2, 0) is 4.79 Å². The quantitative estimate of drug-likeness (QED) is 0.881. The number of carbonyl (C=O) groups is 2. The molecule has 0 saturated heterocycles. The van der Waals surface area contributed by atoms with Crippen molar-refractivity contribution in [1.29, 1.82) is 0 Å². The highest BCUT2D eigenvalue weighted by Gasteiger charge is 2.50. The fourth-order valence-corrected chi connectivity index (χ4v) is 2.43. The van der Waals surface area contributed by atoms with Gasteiger partial charge in [0.15, 0.2) is 0 Å². The number of hydrogen-bond donors (Lipinski definition) is 2. The van der Waals surface area contributed by atoms with E-state index in [2.05, 4.69) is 10.4 Å². The van der Waals surface area contributed by atoms with E-state index >= 15 is 0 Å². The lowest BCUT2D eigenvalue weighted by atomic mass is 10.1. The minimum Gasteiger partial charge on any atom is -0.481 e. The summed E-state index contributed by atoms with van der Waals surface area (Å²) in [7, 11) is 0. The molecule has 114 valence electrons. The molecule has 1 fully saturated rings. The van der Waals surface area contributed by atoms with Crippen LogP contribution in [0.1, 0.15) is 28.8 Å². The molecule has 0 unspecified atom stereocenters. The molecule has 1 aromatic heterocycles. The van der Waals surface area contributed by atoms with Crippen molar-refractivity contribution in [3.63, 3.8) is 0 Å². The van der Waals surface area contributed by atoms with E-state index in [9.17, 15) is 9.59 Å². The number of carbonyl (C=O) groups excluding carboxylic acids is 1. The molecule has 0 radical (unpaired) electrons. The molecule has 1 saturated carbocycles. The molecule has 0 spiro atoms. The van der Waals surface area contributed by atoms with Crippen LogP contribution in [0.25, 0.3) is 5.69 Å². The van der Waals surface area contributed by atoms with E-state index in [1.54, 1.807) is 23.0 Å². The van der Waals surface area contributed by atoms with E-state index in [0.29, 0.717) is 18.4 Å². The number of aryl methyl sites for hydroxylation is 1. The third-order valence-electron chi connectivity index (χ3n) is 4.10. The fourth-order valence-electron chi connectivity index (χ4n) is 2.43. The third kappa shape index (κ3) is 2.59. The van der Waals surface area contributed by atoms with E-state index in [0.717, 1.165) is 11.3 Å². The Balaban J connectivity index is 1.71. The molecule has 0 bridgehead atoms. The van der Waals surface area contributed by atoms with Gasteiger partial charge in [-0.25, -0.2) is 4.68 Å². The predicted molar refractivity (Wildman–Crippen MR) is 79.9 cm³/mol. The maximum atomic E-state index is 12.2. The van der Waals surface area contributed by atoms with E-state index in [1.165, 1.54) is 0 Å². The predicted octanol–water partition coefficient (Wildman–Crippen LogP) is 1.78. The Bertz CT molecular complexity index is 718. The smallest absolute Gasteiger partial charge is 0.311 e. The van der Waals surface area contributed by atoms with Gasteiger partial charge in [-0.3, -0.25) is 9.59 Å². The first-order chi connectivity index (χ1) is 10.5. The van der Waals surface area contributed by atoms with Crippen molar-refractivity contribution >= 4 is 11.9 Å². The lowest BCUT2D eigenvalue weighted by Gasteiger charge is -2.12. The number of aromatic nitrogens is 2. The second kappa shape index (κ2) is 5.29. The van der Waals surface area contributed by atoms with Crippen LogP contribution >= 0.6 is 0 Å². The summed E-state index contributed by atoms with van der Waals surface area (Å²) >= 11 is 0. The molecule has 2 aromatic rings. The van der Waals surface area contributed by atoms with Crippen LogP contribution in [0.3, 0.4) is 0 Å². The van der Waals surface area contributed by atoms with Gasteiger partial charge in [-0.15, -0.1) is 0 Å². The zero-order valence-electron chi connectivity index (χ0n) is 12.2. The lowest BCUT2D eigenvalue weighted by Crippen LogP contribution is -2.34. The summed E-state index contributed by atoms with van der Waals surface area (Å²) in [5, 5.41) is 16.0. The number of hydrogen-bond acceptors (Lipinski definition) is 3. The van der Waals surface area contributed by atoms with Gasteiger partial charge in [-0.05, 0) is 49.6 Å². The van der Waals surface area contributed by atoms with Gasteiger partial charge in [0.1, 0.15) is 0 Å². The first-order valence-corrected chi connectivity index (χ1v) is 7.14. The molecule has 3 rings (SSSR count). The van der Waals surface area contributed by atoms with Gasteiger partial charge < -0.3 is 10.4 Å². The van der Waals surface area contributed by atoms with Crippen molar-refractivity contribution in [2.45, 2.75) is 19.8 Å². The zero-order chi connectivity index (χ0) is 15.7. The topological polar surface area (TPSA) is 84.2 Å². The van der Waals surface area contributed by atoms with Gasteiger partial charge in [0.05, 0.1) is 11.1 Å². The number of carboxylic acid groups (broad SMARTS) is 1. The summed E-state index contributed by atoms with van der Waals surface area (Å²) in [6, 6.07) is 7.18. The van der Waals surface area contributed by atoms with Gasteiger partial charge in [0, 0.05) is 24.5 Å². The van der Waals surface area contributed by atoms with Crippen LogP contribution < -0.4 is 5.32 Å². The Hall–Kier alpha value is -2.63. The largest absolute Gasteiger partial charge is 0.481 e. The van der Waals surface area contributed by atoms with Crippen molar-refractivity contribution in [1.82, 2.24) is 15.1 Å². The molecule has 0 atom stereocenters. The Morgan fingerprint density at radius 3 is 2.73 bits per heavy atom. The lowest BCUT2D eigenvalue weighted by molar-refractivity contribution is -0.143. The molecule has 0 aliphatic heterocycles. The summed E-state index contributed by atoms with van der Waals surface area (Å²) < 4.78 is 1.74. The zero-order valence-corrected chi connectivity index (χ0v) is 12.2. The number of nitrogens with one attached hydrogen (secondary N) is 1. The summed E-state index contributed by atoms with van der Waals surface area (Å²) in [5.41, 5.74) is 1.61. The molecule has 1 aromatic carbocycles. The van der Waals surface area contributed by atoms with Crippen LogP contribution in [0.5, 0.6) is 0 Å². The second-order valence-electron chi connectivity index (χ2n) is 5.72. The molecular weight excluding hydrogens is 282 g/mol. The van der Waals surface area contributed by atoms with Crippen LogP contribution in [0.15, 0.2) is 36.7 Å². The van der Waals surface area contributed by atoms with Crippen LogP contribution in [0, 0.1) is 12.3 Å². The molecule has 1 aliphatic rings. The highest BCUT2D eigenvalue weighted by atomic mass is 16.4. The van der Waals surface area contributed by atoms with Crippen molar-refractivity contribution in [3.8, 4) is 5.69 Å². The highest BCUT2D eigenvalue weighted by molar-refractivity contribution is 5.95. The van der Waals surface area contributed by atoms with E-state index in [4.69, 9.17) is 5.11 Å². The SMILES string of the molecule is Cc1cc(C(=O)NCC2(C(=O)O)CC2)ccc1-n1cccn1. The normalized spacial score (nSPS) is 15.3. The molecule has 22 heavy (non-hydrogen) atoms. The minimum atomic E-state index is -0.835. The first-order valence-electron chi connectivity index (χ1n) is 7.14. The van der Waals surface area contributed by atoms with Gasteiger partial charge >= 0.3 is 5.97 Å². The summed E-state index contributed by atoms with van der Waals surface area (Å²) in [5.74, 6) is -1.08. The molecule has 6 nitrogen and oxygen atoms in total. The van der Waals surface area contributed by atoms with Gasteiger partial charge in [0.25, 0.3) is 5.91 Å².